The van der Waals surface area contributed by atoms with Gasteiger partial charge in [-0.25, -0.2) is 0 Å². The highest BCUT2D eigenvalue weighted by Gasteiger charge is 2.29. The quantitative estimate of drug-likeness (QED) is 0.732. The highest BCUT2D eigenvalue weighted by Crippen LogP contribution is 2.26. The number of likely N-dealkylation sites (tertiary alicyclic amines) is 1. The average Bonchev–Trinajstić information content (AvgIpc) is 2.32. The first kappa shape index (κ1) is 15.9. The third kappa shape index (κ3) is 4.87. The van der Waals surface area contributed by atoms with Gasteiger partial charge in [0, 0.05) is 31.8 Å². The van der Waals surface area contributed by atoms with E-state index in [4.69, 9.17) is 0 Å². The smallest absolute Gasteiger partial charge is 0.0446 e. The fourth-order valence-corrected chi connectivity index (χ4v) is 3.12. The molecule has 108 valence electrons. The van der Waals surface area contributed by atoms with Gasteiger partial charge in [-0.1, -0.05) is 20.8 Å². The highest BCUT2D eigenvalue weighted by molar-refractivity contribution is 4.84. The van der Waals surface area contributed by atoms with Gasteiger partial charge in [-0.2, -0.15) is 0 Å². The summed E-state index contributed by atoms with van der Waals surface area (Å²) < 4.78 is 0. The van der Waals surface area contributed by atoms with Crippen molar-refractivity contribution in [3.8, 4) is 0 Å². The molecule has 1 fully saturated rings. The van der Waals surface area contributed by atoms with E-state index in [1.807, 2.05) is 0 Å². The second-order valence-corrected chi connectivity index (χ2v) is 6.18. The van der Waals surface area contributed by atoms with Gasteiger partial charge < -0.3 is 10.4 Å². The molecule has 0 aromatic carbocycles. The molecule has 0 radical (unpaired) electrons. The van der Waals surface area contributed by atoms with Crippen molar-refractivity contribution in [2.45, 2.75) is 59.0 Å². The van der Waals surface area contributed by atoms with Crippen LogP contribution in [0.1, 0.15) is 47.0 Å². The number of hydrogen-bond donors (Lipinski definition) is 2. The fraction of sp³-hybridized carbons (Fsp3) is 1.00. The predicted molar refractivity (Wildman–Crippen MR) is 77.8 cm³/mol. The summed E-state index contributed by atoms with van der Waals surface area (Å²) in [5, 5.41) is 12.7. The summed E-state index contributed by atoms with van der Waals surface area (Å²) in [7, 11) is 0. The average molecular weight is 256 g/mol. The molecule has 2 N–H and O–H groups in total. The lowest BCUT2D eigenvalue weighted by atomic mass is 9.85. The molecule has 0 spiro atoms. The second kappa shape index (κ2) is 8.13. The third-order valence-electron chi connectivity index (χ3n) is 4.34. The molecule has 3 nitrogen and oxygen atoms in total. The molecular weight excluding hydrogens is 224 g/mol. The van der Waals surface area contributed by atoms with Crippen molar-refractivity contribution in [3.05, 3.63) is 0 Å². The summed E-state index contributed by atoms with van der Waals surface area (Å²) in [4.78, 5) is 2.61. The molecule has 0 aromatic rings. The van der Waals surface area contributed by atoms with Crippen LogP contribution in [0.25, 0.3) is 0 Å². The number of hydrogen-bond acceptors (Lipinski definition) is 3. The molecule has 0 aromatic heterocycles. The van der Waals surface area contributed by atoms with Crippen LogP contribution in [0.2, 0.25) is 0 Å². The van der Waals surface area contributed by atoms with Gasteiger partial charge >= 0.3 is 0 Å². The standard InChI is InChI=1S/C15H32N2O/c1-5-7-16-15(6-8-18)11-17-10-12(2)9-13(3)14(17)4/h12-16,18H,5-11H2,1-4H3. The van der Waals surface area contributed by atoms with E-state index in [1.54, 1.807) is 0 Å². The van der Waals surface area contributed by atoms with Gasteiger partial charge in [0.15, 0.2) is 0 Å². The van der Waals surface area contributed by atoms with Crippen LogP contribution in [0.5, 0.6) is 0 Å². The molecule has 1 aliphatic heterocycles. The Hall–Kier alpha value is -0.120. The van der Waals surface area contributed by atoms with Crippen LogP contribution < -0.4 is 5.32 Å². The van der Waals surface area contributed by atoms with Gasteiger partial charge in [0.2, 0.25) is 0 Å². The van der Waals surface area contributed by atoms with Gasteiger partial charge in [-0.05, 0) is 44.6 Å². The van der Waals surface area contributed by atoms with Crippen LogP contribution in [-0.4, -0.2) is 48.3 Å². The first-order valence-electron chi connectivity index (χ1n) is 7.66. The van der Waals surface area contributed by atoms with Crippen LogP contribution >= 0.6 is 0 Å². The van der Waals surface area contributed by atoms with Crippen molar-refractivity contribution in [3.63, 3.8) is 0 Å². The predicted octanol–water partition coefficient (Wildman–Crippen LogP) is 2.10. The summed E-state index contributed by atoms with van der Waals surface area (Å²) in [6.07, 6.45) is 3.38. The van der Waals surface area contributed by atoms with Crippen LogP contribution in [-0.2, 0) is 0 Å². The monoisotopic (exact) mass is 256 g/mol. The molecule has 1 saturated heterocycles. The third-order valence-corrected chi connectivity index (χ3v) is 4.34. The number of nitrogens with one attached hydrogen (secondary N) is 1. The zero-order chi connectivity index (χ0) is 13.5. The Labute approximate surface area is 113 Å². The van der Waals surface area contributed by atoms with Crippen molar-refractivity contribution in [2.24, 2.45) is 11.8 Å². The Morgan fingerprint density at radius 1 is 1.33 bits per heavy atom. The summed E-state index contributed by atoms with van der Waals surface area (Å²) in [5.74, 6) is 1.59. The highest BCUT2D eigenvalue weighted by atomic mass is 16.3. The Bertz CT molecular complexity index is 223. The minimum Gasteiger partial charge on any atom is -0.396 e. The molecule has 0 saturated carbocycles. The van der Waals surface area contributed by atoms with Crippen molar-refractivity contribution < 1.29 is 5.11 Å². The lowest BCUT2D eigenvalue weighted by molar-refractivity contribution is 0.0669. The number of piperidine rings is 1. The molecule has 1 heterocycles. The molecule has 0 bridgehead atoms. The molecular formula is C15H32N2O. The van der Waals surface area contributed by atoms with Gasteiger partial charge in [0.25, 0.3) is 0 Å². The minimum atomic E-state index is 0.286. The first-order valence-corrected chi connectivity index (χ1v) is 7.66. The molecule has 3 heteroatoms. The Kier molecular flexibility index (Phi) is 7.20. The first-order chi connectivity index (χ1) is 8.58. The number of rotatable bonds is 7. The van der Waals surface area contributed by atoms with E-state index in [1.165, 1.54) is 13.0 Å². The maximum atomic E-state index is 9.18. The van der Waals surface area contributed by atoms with Gasteiger partial charge in [0.05, 0.1) is 0 Å². The Morgan fingerprint density at radius 2 is 2.06 bits per heavy atom. The van der Waals surface area contributed by atoms with Crippen LogP contribution in [0, 0.1) is 11.8 Å². The summed E-state index contributed by atoms with van der Waals surface area (Å²) >= 11 is 0. The maximum Gasteiger partial charge on any atom is 0.0446 e. The fourth-order valence-electron chi connectivity index (χ4n) is 3.12. The zero-order valence-electron chi connectivity index (χ0n) is 12.7. The van der Waals surface area contributed by atoms with E-state index < -0.39 is 0 Å². The Balaban J connectivity index is 2.49. The molecule has 0 aliphatic carbocycles. The van der Waals surface area contributed by atoms with Gasteiger partial charge in [-0.15, -0.1) is 0 Å². The van der Waals surface area contributed by atoms with Crippen LogP contribution in [0.4, 0.5) is 0 Å². The summed E-state index contributed by atoms with van der Waals surface area (Å²) in [6, 6.07) is 1.11. The van der Waals surface area contributed by atoms with Crippen molar-refractivity contribution in [2.75, 3.05) is 26.2 Å². The molecule has 4 unspecified atom stereocenters. The Morgan fingerprint density at radius 3 is 2.67 bits per heavy atom. The van der Waals surface area contributed by atoms with Crippen molar-refractivity contribution in [1.29, 1.82) is 0 Å². The van der Waals surface area contributed by atoms with E-state index in [9.17, 15) is 5.11 Å². The normalized spacial score (nSPS) is 31.5. The van der Waals surface area contributed by atoms with Crippen molar-refractivity contribution in [1.82, 2.24) is 10.2 Å². The van der Waals surface area contributed by atoms with Crippen LogP contribution in [0.3, 0.4) is 0 Å². The molecule has 4 atom stereocenters. The lowest BCUT2D eigenvalue weighted by Gasteiger charge is -2.42. The minimum absolute atomic E-state index is 0.286. The largest absolute Gasteiger partial charge is 0.396 e. The van der Waals surface area contributed by atoms with Gasteiger partial charge in [0.1, 0.15) is 0 Å². The van der Waals surface area contributed by atoms with Gasteiger partial charge in [-0.3, -0.25) is 4.90 Å². The van der Waals surface area contributed by atoms with E-state index in [0.29, 0.717) is 12.1 Å². The topological polar surface area (TPSA) is 35.5 Å². The van der Waals surface area contributed by atoms with E-state index in [2.05, 4.69) is 37.9 Å². The van der Waals surface area contributed by atoms with E-state index in [0.717, 1.165) is 37.8 Å². The van der Waals surface area contributed by atoms with Crippen LogP contribution in [0.15, 0.2) is 0 Å². The van der Waals surface area contributed by atoms with E-state index >= 15 is 0 Å². The molecule has 1 aliphatic rings. The molecule has 18 heavy (non-hydrogen) atoms. The van der Waals surface area contributed by atoms with E-state index in [-0.39, 0.29) is 6.61 Å². The number of aliphatic hydroxyl groups is 1. The summed E-state index contributed by atoms with van der Waals surface area (Å²) in [6.45, 7) is 12.9. The molecule has 0 amide bonds. The summed E-state index contributed by atoms with van der Waals surface area (Å²) in [5.41, 5.74) is 0. The maximum absolute atomic E-state index is 9.18. The number of aliphatic hydroxyl groups excluding tert-OH is 1. The second-order valence-electron chi connectivity index (χ2n) is 6.18. The lowest BCUT2D eigenvalue weighted by Crippen LogP contribution is -2.51. The molecule has 1 rings (SSSR count). The SMILES string of the molecule is CCCNC(CCO)CN1CC(C)CC(C)C1C. The number of nitrogens with zero attached hydrogens (tertiary/aromatic N) is 1. The van der Waals surface area contributed by atoms with Crippen molar-refractivity contribution >= 4 is 0 Å². The zero-order valence-corrected chi connectivity index (χ0v) is 12.7.